The van der Waals surface area contributed by atoms with E-state index in [-0.39, 0.29) is 23.9 Å². The molecule has 7 heteroatoms. The molecule has 1 atom stereocenters. The minimum absolute atomic E-state index is 0.0677. The predicted octanol–water partition coefficient (Wildman–Crippen LogP) is 2.69. The average molecular weight is 373 g/mol. The van der Waals surface area contributed by atoms with Crippen LogP contribution in [0.3, 0.4) is 0 Å². The van der Waals surface area contributed by atoms with Crippen LogP contribution >= 0.6 is 0 Å². The Hall–Kier alpha value is -2.83. The maximum absolute atomic E-state index is 12.5. The summed E-state index contributed by atoms with van der Waals surface area (Å²) in [7, 11) is 0. The highest BCUT2D eigenvalue weighted by molar-refractivity contribution is 5.86. The van der Waals surface area contributed by atoms with E-state index in [1.54, 1.807) is 26.8 Å². The van der Waals surface area contributed by atoms with Crippen LogP contribution in [0.5, 0.6) is 0 Å². The molecule has 146 valence electrons. The molecule has 1 heterocycles. The molecule has 0 aliphatic heterocycles. The van der Waals surface area contributed by atoms with Crippen molar-refractivity contribution in [3.63, 3.8) is 0 Å². The van der Waals surface area contributed by atoms with E-state index in [2.05, 4.69) is 15.6 Å². The van der Waals surface area contributed by atoms with Gasteiger partial charge in [0, 0.05) is 17.6 Å². The lowest BCUT2D eigenvalue weighted by Gasteiger charge is -2.25. The number of aromatic amines is 1. The number of fused-ring (bicyclic) bond motifs is 1. The number of amides is 2. The third-order valence-electron chi connectivity index (χ3n) is 3.90. The van der Waals surface area contributed by atoms with Gasteiger partial charge in [-0.1, -0.05) is 32.0 Å². The smallest absolute Gasteiger partial charge is 0.408 e. The molecule has 1 aromatic heterocycles. The molecule has 27 heavy (non-hydrogen) atoms. The van der Waals surface area contributed by atoms with Crippen LogP contribution in [-0.4, -0.2) is 28.6 Å². The van der Waals surface area contributed by atoms with Crippen molar-refractivity contribution >= 4 is 22.9 Å². The van der Waals surface area contributed by atoms with Crippen LogP contribution in [0.1, 0.15) is 40.2 Å². The number of ether oxygens (including phenoxy) is 1. The van der Waals surface area contributed by atoms with Gasteiger partial charge < -0.3 is 20.4 Å². The van der Waals surface area contributed by atoms with Gasteiger partial charge >= 0.3 is 6.09 Å². The minimum atomic E-state index is -0.764. The lowest BCUT2D eigenvalue weighted by atomic mass is 10.0. The molecule has 3 N–H and O–H groups in total. The topological polar surface area (TPSA) is 100 Å². The number of alkyl carbamates (subject to hydrolysis) is 1. The summed E-state index contributed by atoms with van der Waals surface area (Å²) < 4.78 is 5.21. The van der Waals surface area contributed by atoms with Crippen molar-refractivity contribution in [1.82, 2.24) is 15.6 Å². The summed E-state index contributed by atoms with van der Waals surface area (Å²) in [5.74, 6) is -0.518. The molecule has 1 unspecified atom stereocenters. The van der Waals surface area contributed by atoms with E-state index in [9.17, 15) is 14.4 Å². The van der Waals surface area contributed by atoms with Gasteiger partial charge in [-0.25, -0.2) is 4.79 Å². The number of hydrogen-bond acceptors (Lipinski definition) is 4. The normalized spacial score (nSPS) is 12.7. The number of benzene rings is 1. The molecule has 0 aliphatic carbocycles. The molecule has 2 amide bonds. The van der Waals surface area contributed by atoms with Gasteiger partial charge in [-0.2, -0.15) is 0 Å². The van der Waals surface area contributed by atoms with Gasteiger partial charge in [0.15, 0.2) is 0 Å². The van der Waals surface area contributed by atoms with Gasteiger partial charge in [-0.3, -0.25) is 9.59 Å². The number of hydrogen-bond donors (Lipinski definition) is 3. The Balaban J connectivity index is 2.06. The monoisotopic (exact) mass is 373 g/mol. The van der Waals surface area contributed by atoms with Crippen molar-refractivity contribution < 1.29 is 14.3 Å². The van der Waals surface area contributed by atoms with E-state index < -0.39 is 17.7 Å². The second kappa shape index (κ2) is 8.24. The molecule has 1 aromatic carbocycles. The van der Waals surface area contributed by atoms with Gasteiger partial charge in [0.2, 0.25) is 5.91 Å². The summed E-state index contributed by atoms with van der Waals surface area (Å²) >= 11 is 0. The zero-order valence-corrected chi connectivity index (χ0v) is 16.4. The fourth-order valence-electron chi connectivity index (χ4n) is 2.59. The lowest BCUT2D eigenvalue weighted by molar-refractivity contribution is -0.124. The standard InChI is InChI=1S/C20H27N3O4/c1-12(2)16(23-19(26)27-20(3,4)5)18(25)21-11-14-10-13-8-6-7-9-15(13)22-17(14)24/h6-10,12,16H,11H2,1-5H3,(H,21,25)(H,22,24)(H,23,26). The molecule has 0 fully saturated rings. The zero-order valence-electron chi connectivity index (χ0n) is 16.4. The van der Waals surface area contributed by atoms with Crippen molar-refractivity contribution in [3.05, 3.63) is 46.2 Å². The molecule has 0 saturated carbocycles. The Kier molecular flexibility index (Phi) is 6.25. The Morgan fingerprint density at radius 2 is 1.85 bits per heavy atom. The van der Waals surface area contributed by atoms with Gasteiger partial charge in [0.25, 0.3) is 5.56 Å². The van der Waals surface area contributed by atoms with E-state index in [1.165, 1.54) is 0 Å². The summed E-state index contributed by atoms with van der Waals surface area (Å²) in [6.07, 6.45) is -0.653. The maximum Gasteiger partial charge on any atom is 0.408 e. The Bertz CT molecular complexity index is 881. The molecule has 0 spiro atoms. The molecular weight excluding hydrogens is 346 g/mol. The first kappa shape index (κ1) is 20.5. The predicted molar refractivity (Wildman–Crippen MR) is 104 cm³/mol. The van der Waals surface area contributed by atoms with E-state index in [0.717, 1.165) is 10.9 Å². The highest BCUT2D eigenvalue weighted by Crippen LogP contribution is 2.11. The summed E-state index contributed by atoms with van der Waals surface area (Å²) in [5.41, 5.74) is 0.279. The van der Waals surface area contributed by atoms with E-state index >= 15 is 0 Å². The Morgan fingerprint density at radius 1 is 1.19 bits per heavy atom. The van der Waals surface area contributed by atoms with Crippen LogP contribution < -0.4 is 16.2 Å². The average Bonchev–Trinajstić information content (AvgIpc) is 2.55. The maximum atomic E-state index is 12.5. The number of carbonyl (C=O) groups is 2. The summed E-state index contributed by atoms with van der Waals surface area (Å²) in [6.45, 7) is 8.97. The molecule has 0 aliphatic rings. The van der Waals surface area contributed by atoms with E-state index in [1.807, 2.05) is 38.1 Å². The van der Waals surface area contributed by atoms with Crippen LogP contribution in [0.4, 0.5) is 4.79 Å². The first-order valence-corrected chi connectivity index (χ1v) is 8.95. The minimum Gasteiger partial charge on any atom is -0.444 e. The van der Waals surface area contributed by atoms with Gasteiger partial charge in [0.1, 0.15) is 11.6 Å². The lowest BCUT2D eigenvalue weighted by Crippen LogP contribution is -2.50. The molecule has 2 rings (SSSR count). The molecule has 2 aromatic rings. The fourth-order valence-corrected chi connectivity index (χ4v) is 2.59. The van der Waals surface area contributed by atoms with Crippen LogP contribution in [0.25, 0.3) is 10.9 Å². The summed E-state index contributed by atoms with van der Waals surface area (Å²) in [4.78, 5) is 39.5. The Labute approximate surface area is 158 Å². The zero-order chi connectivity index (χ0) is 20.2. The van der Waals surface area contributed by atoms with Crippen LogP contribution in [0, 0.1) is 5.92 Å². The second-order valence-corrected chi connectivity index (χ2v) is 7.80. The number of aromatic nitrogens is 1. The molecule has 0 saturated heterocycles. The SMILES string of the molecule is CC(C)C(NC(=O)OC(C)(C)C)C(=O)NCc1cc2ccccc2[nH]c1=O. The third kappa shape index (κ3) is 5.84. The largest absolute Gasteiger partial charge is 0.444 e. The van der Waals surface area contributed by atoms with Crippen LogP contribution in [0.2, 0.25) is 0 Å². The van der Waals surface area contributed by atoms with Crippen molar-refractivity contribution in [3.8, 4) is 0 Å². The van der Waals surface area contributed by atoms with Crippen molar-refractivity contribution in [2.75, 3.05) is 0 Å². The highest BCUT2D eigenvalue weighted by Gasteiger charge is 2.26. The first-order valence-electron chi connectivity index (χ1n) is 8.95. The number of para-hydroxylation sites is 1. The van der Waals surface area contributed by atoms with Crippen LogP contribution in [0.15, 0.2) is 35.1 Å². The quantitative estimate of drug-likeness (QED) is 0.750. The number of carbonyl (C=O) groups excluding carboxylic acids is 2. The number of pyridine rings is 1. The first-order chi connectivity index (χ1) is 12.6. The van der Waals surface area contributed by atoms with Crippen molar-refractivity contribution in [2.24, 2.45) is 5.92 Å². The van der Waals surface area contributed by atoms with Crippen molar-refractivity contribution in [2.45, 2.75) is 52.8 Å². The third-order valence-corrected chi connectivity index (χ3v) is 3.90. The second-order valence-electron chi connectivity index (χ2n) is 7.80. The van der Waals surface area contributed by atoms with E-state index in [0.29, 0.717) is 5.56 Å². The fraction of sp³-hybridized carbons (Fsp3) is 0.450. The van der Waals surface area contributed by atoms with Gasteiger partial charge in [0.05, 0.1) is 0 Å². The van der Waals surface area contributed by atoms with Crippen molar-refractivity contribution in [1.29, 1.82) is 0 Å². The van der Waals surface area contributed by atoms with Gasteiger partial charge in [-0.15, -0.1) is 0 Å². The van der Waals surface area contributed by atoms with Crippen LogP contribution in [-0.2, 0) is 16.1 Å². The highest BCUT2D eigenvalue weighted by atomic mass is 16.6. The summed E-state index contributed by atoms with van der Waals surface area (Å²) in [6, 6.07) is 8.41. The summed E-state index contributed by atoms with van der Waals surface area (Å²) in [5, 5.41) is 6.20. The number of rotatable bonds is 5. The van der Waals surface area contributed by atoms with E-state index in [4.69, 9.17) is 4.74 Å². The Morgan fingerprint density at radius 3 is 2.48 bits per heavy atom. The number of nitrogens with one attached hydrogen (secondary N) is 3. The molecule has 0 radical (unpaired) electrons. The molecule has 0 bridgehead atoms. The molecular formula is C20H27N3O4. The number of H-pyrrole nitrogens is 1. The molecule has 7 nitrogen and oxygen atoms in total. The van der Waals surface area contributed by atoms with Gasteiger partial charge in [-0.05, 0) is 44.2 Å².